The van der Waals surface area contributed by atoms with Gasteiger partial charge in [0.15, 0.2) is 5.82 Å². The van der Waals surface area contributed by atoms with Crippen LogP contribution in [0.2, 0.25) is 0 Å². The van der Waals surface area contributed by atoms with Gasteiger partial charge in [-0.15, -0.1) is 0 Å². The lowest BCUT2D eigenvalue weighted by molar-refractivity contribution is 0.600. The molecule has 0 spiro atoms. The topological polar surface area (TPSA) is 130 Å². The summed E-state index contributed by atoms with van der Waals surface area (Å²) in [6.07, 6.45) is 9.82. The summed E-state index contributed by atoms with van der Waals surface area (Å²) in [7, 11) is -3.18. The third-order valence-corrected chi connectivity index (χ3v) is 7.00. The number of hydrogen-bond donors (Lipinski definition) is 2. The van der Waals surface area contributed by atoms with E-state index in [1.54, 1.807) is 37.1 Å². The molecular weight excluding hydrogens is 493 g/mol. The van der Waals surface area contributed by atoms with E-state index in [4.69, 9.17) is 4.98 Å². The largest absolute Gasteiger partial charge is 0.335 e. The highest BCUT2D eigenvalue weighted by Crippen LogP contribution is 2.32. The van der Waals surface area contributed by atoms with Crippen molar-refractivity contribution in [1.29, 1.82) is 0 Å². The fraction of sp³-hybridized carbons (Fsp3) is 0.115. The summed E-state index contributed by atoms with van der Waals surface area (Å²) in [5, 5.41) is 8.29. The van der Waals surface area contributed by atoms with E-state index in [1.165, 1.54) is 12.1 Å². The Morgan fingerprint density at radius 2 is 1.86 bits per heavy atom. The van der Waals surface area contributed by atoms with Gasteiger partial charge in [-0.2, -0.15) is 5.10 Å². The van der Waals surface area contributed by atoms with E-state index in [2.05, 4.69) is 30.1 Å². The Kier molecular flexibility index (Phi) is 5.49. The first-order valence-electron chi connectivity index (χ1n) is 11.4. The molecule has 0 radical (unpaired) electrons. The maximum Gasteiger partial charge on any atom is 0.159 e. The van der Waals surface area contributed by atoms with Gasteiger partial charge >= 0.3 is 0 Å². The van der Waals surface area contributed by atoms with Crippen LogP contribution in [0.1, 0.15) is 5.56 Å². The van der Waals surface area contributed by atoms with Crippen molar-refractivity contribution in [2.24, 2.45) is 0 Å². The fourth-order valence-electron chi connectivity index (χ4n) is 4.28. The van der Waals surface area contributed by atoms with Crippen LogP contribution in [0.5, 0.6) is 0 Å². The van der Waals surface area contributed by atoms with Crippen molar-refractivity contribution in [3.8, 4) is 33.9 Å². The van der Waals surface area contributed by atoms with Gasteiger partial charge in [0.05, 0.1) is 40.4 Å². The van der Waals surface area contributed by atoms with Gasteiger partial charge < -0.3 is 4.98 Å². The molecule has 0 aliphatic rings. The number of rotatable bonds is 6. The third-order valence-electron chi connectivity index (χ3n) is 6.05. The number of nitrogens with zero attached hydrogens (tertiary/aromatic N) is 5. The zero-order valence-electron chi connectivity index (χ0n) is 19.6. The minimum absolute atomic E-state index is 0.0625. The predicted molar refractivity (Wildman–Crippen MR) is 139 cm³/mol. The van der Waals surface area contributed by atoms with Crippen LogP contribution in [-0.2, 0) is 16.3 Å². The van der Waals surface area contributed by atoms with Gasteiger partial charge in [-0.25, -0.2) is 17.8 Å². The average molecular weight is 514 g/mol. The highest BCUT2D eigenvalue weighted by molar-refractivity contribution is 7.90. The minimum Gasteiger partial charge on any atom is -0.335 e. The summed E-state index contributed by atoms with van der Waals surface area (Å²) < 4.78 is 37.7. The molecule has 0 atom stereocenters. The first-order chi connectivity index (χ1) is 17.8. The first kappa shape index (κ1) is 22.9. The van der Waals surface area contributed by atoms with E-state index in [9.17, 15) is 12.8 Å². The van der Waals surface area contributed by atoms with Crippen LogP contribution in [0.25, 0.3) is 55.8 Å². The van der Waals surface area contributed by atoms with Crippen molar-refractivity contribution in [2.45, 2.75) is 6.42 Å². The number of H-pyrrole nitrogens is 2. The highest BCUT2D eigenvalue weighted by Gasteiger charge is 2.17. The van der Waals surface area contributed by atoms with Crippen LogP contribution in [0, 0.1) is 5.82 Å². The molecule has 0 aliphatic heterocycles. The molecule has 6 rings (SSSR count). The number of pyridine rings is 3. The summed E-state index contributed by atoms with van der Waals surface area (Å²) in [6, 6.07) is 10.2. The van der Waals surface area contributed by atoms with Gasteiger partial charge in [-0.3, -0.25) is 20.1 Å². The molecule has 0 saturated heterocycles. The Hall–Kier alpha value is -4.51. The molecule has 0 saturated carbocycles. The van der Waals surface area contributed by atoms with Gasteiger partial charge in [-0.1, -0.05) is 6.07 Å². The quantitative estimate of drug-likeness (QED) is 0.339. The number of aromatic nitrogens is 7. The van der Waals surface area contributed by atoms with Gasteiger partial charge in [-0.05, 0) is 47.9 Å². The van der Waals surface area contributed by atoms with Gasteiger partial charge in [0.2, 0.25) is 0 Å². The molecule has 2 N–H and O–H groups in total. The molecule has 0 unspecified atom stereocenters. The van der Waals surface area contributed by atoms with Gasteiger partial charge in [0.1, 0.15) is 21.3 Å². The predicted octanol–water partition coefficient (Wildman–Crippen LogP) is 4.35. The minimum atomic E-state index is -3.18. The SMILES string of the molecule is CS(=O)(=O)CCc1cc(F)cc(-c2cncc3[nH]c(-c4n[nH]c5cnc(-c6cccnc6)cc45)nc23)c1. The average Bonchev–Trinajstić information content (AvgIpc) is 3.51. The molecule has 184 valence electrons. The van der Waals surface area contributed by atoms with Crippen LogP contribution < -0.4 is 0 Å². The molecule has 0 aliphatic carbocycles. The Labute approximate surface area is 210 Å². The number of aryl methyl sites for hydroxylation is 1. The highest BCUT2D eigenvalue weighted by atomic mass is 32.2. The number of sulfone groups is 1. The number of nitrogens with one attached hydrogen (secondary N) is 2. The van der Waals surface area contributed by atoms with E-state index in [-0.39, 0.29) is 12.2 Å². The van der Waals surface area contributed by atoms with Crippen LogP contribution in [0.3, 0.4) is 0 Å². The number of fused-ring (bicyclic) bond motifs is 2. The smallest absolute Gasteiger partial charge is 0.159 e. The summed E-state index contributed by atoms with van der Waals surface area (Å²) in [5.41, 5.74) is 6.03. The molecule has 0 bridgehead atoms. The van der Waals surface area contributed by atoms with Gasteiger partial charge in [0.25, 0.3) is 0 Å². The second kappa shape index (κ2) is 8.86. The van der Waals surface area contributed by atoms with Crippen molar-refractivity contribution in [1.82, 2.24) is 35.1 Å². The normalized spacial score (nSPS) is 11.9. The third kappa shape index (κ3) is 4.56. The van der Waals surface area contributed by atoms with E-state index in [0.717, 1.165) is 28.4 Å². The number of aromatic amines is 2. The van der Waals surface area contributed by atoms with E-state index in [0.29, 0.717) is 39.2 Å². The van der Waals surface area contributed by atoms with Crippen LogP contribution >= 0.6 is 0 Å². The molecule has 5 heterocycles. The Morgan fingerprint density at radius 3 is 2.68 bits per heavy atom. The first-order valence-corrected chi connectivity index (χ1v) is 13.5. The van der Waals surface area contributed by atoms with Crippen molar-refractivity contribution >= 4 is 31.8 Å². The molecular formula is C26H20FN7O2S. The van der Waals surface area contributed by atoms with Crippen LogP contribution in [-0.4, -0.2) is 55.5 Å². The van der Waals surface area contributed by atoms with Crippen molar-refractivity contribution in [2.75, 3.05) is 12.0 Å². The fourth-order valence-corrected chi connectivity index (χ4v) is 4.89. The lowest BCUT2D eigenvalue weighted by Gasteiger charge is -2.07. The van der Waals surface area contributed by atoms with E-state index >= 15 is 0 Å². The van der Waals surface area contributed by atoms with E-state index < -0.39 is 15.7 Å². The number of halogens is 1. The molecule has 0 fully saturated rings. The molecule has 5 aromatic heterocycles. The maximum atomic E-state index is 14.5. The Balaban J connectivity index is 1.44. The Morgan fingerprint density at radius 1 is 0.973 bits per heavy atom. The zero-order valence-corrected chi connectivity index (χ0v) is 20.4. The van der Waals surface area contributed by atoms with Crippen molar-refractivity contribution in [3.05, 3.63) is 78.8 Å². The lowest BCUT2D eigenvalue weighted by Crippen LogP contribution is -2.06. The monoisotopic (exact) mass is 513 g/mol. The standard InChI is InChI=1S/C26H20FN7O2S/c1-37(35,36)6-4-15-7-17(9-18(27)8-15)20-12-29-13-23-24(20)32-26(31-23)25-19-10-21(16-3-2-5-28-11-16)30-14-22(19)33-34-25/h2-3,5,7-14H,4,6H2,1H3,(H,31,32)(H,33,34). The summed E-state index contributed by atoms with van der Waals surface area (Å²) in [5.74, 6) is 0.00236. The van der Waals surface area contributed by atoms with Crippen LogP contribution in [0.4, 0.5) is 4.39 Å². The second-order valence-electron chi connectivity index (χ2n) is 8.83. The maximum absolute atomic E-state index is 14.5. The molecule has 0 amide bonds. The second-order valence-corrected chi connectivity index (χ2v) is 11.1. The molecule has 6 aromatic rings. The van der Waals surface area contributed by atoms with Gasteiger partial charge in [0, 0.05) is 41.4 Å². The summed E-state index contributed by atoms with van der Waals surface area (Å²) in [4.78, 5) is 21.1. The number of hydrogen-bond acceptors (Lipinski definition) is 7. The summed E-state index contributed by atoms with van der Waals surface area (Å²) in [6.45, 7) is 0. The molecule has 1 aromatic carbocycles. The Bertz CT molecular complexity index is 1880. The van der Waals surface area contributed by atoms with Crippen LogP contribution in [0.15, 0.2) is 67.4 Å². The molecule has 9 nitrogen and oxygen atoms in total. The zero-order chi connectivity index (χ0) is 25.6. The van der Waals surface area contributed by atoms with Crippen molar-refractivity contribution in [3.63, 3.8) is 0 Å². The molecule has 37 heavy (non-hydrogen) atoms. The number of benzene rings is 1. The van der Waals surface area contributed by atoms with Crippen molar-refractivity contribution < 1.29 is 12.8 Å². The number of imidazole rings is 1. The summed E-state index contributed by atoms with van der Waals surface area (Å²) >= 11 is 0. The lowest BCUT2D eigenvalue weighted by atomic mass is 10.0. The van der Waals surface area contributed by atoms with E-state index in [1.807, 2.05) is 18.2 Å². The molecule has 11 heteroatoms.